The quantitative estimate of drug-likeness (QED) is 0.850. The average Bonchev–Trinajstić information content (AvgIpc) is 2.36. The van der Waals surface area contributed by atoms with Gasteiger partial charge >= 0.3 is 0 Å². The first-order chi connectivity index (χ1) is 9.31. The van der Waals surface area contributed by atoms with Crippen LogP contribution in [0.15, 0.2) is 35.4 Å². The summed E-state index contributed by atoms with van der Waals surface area (Å²) in [5.74, 6) is -0.659. The van der Waals surface area contributed by atoms with Crippen LogP contribution in [0.2, 0.25) is 0 Å². The van der Waals surface area contributed by atoms with Crippen molar-refractivity contribution in [1.29, 1.82) is 0 Å². The van der Waals surface area contributed by atoms with E-state index in [0.29, 0.717) is 11.4 Å². The first kappa shape index (κ1) is 14.3. The minimum atomic E-state index is -3.92. The van der Waals surface area contributed by atoms with Gasteiger partial charge < -0.3 is 5.73 Å². The van der Waals surface area contributed by atoms with E-state index < -0.39 is 15.8 Å². The largest absolute Gasteiger partial charge is 0.399 e. The fourth-order valence-corrected chi connectivity index (χ4v) is 3.15. The summed E-state index contributed by atoms with van der Waals surface area (Å²) in [6.45, 7) is 3.06. The fraction of sp³-hybridized carbons (Fsp3) is 0.154. The lowest BCUT2D eigenvalue weighted by Gasteiger charge is -2.12. The molecule has 20 heavy (non-hydrogen) atoms. The highest BCUT2D eigenvalue weighted by Gasteiger charge is 2.20. The van der Waals surface area contributed by atoms with Crippen molar-refractivity contribution >= 4 is 21.4 Å². The third-order valence-corrected chi connectivity index (χ3v) is 4.35. The first-order valence-corrected chi connectivity index (χ1v) is 7.29. The Balaban J connectivity index is 2.49. The van der Waals surface area contributed by atoms with E-state index in [9.17, 15) is 12.8 Å². The van der Waals surface area contributed by atoms with Gasteiger partial charge in [-0.3, -0.25) is 9.71 Å². The molecule has 1 aromatic heterocycles. The van der Waals surface area contributed by atoms with Crippen LogP contribution in [-0.4, -0.2) is 13.4 Å². The summed E-state index contributed by atoms with van der Waals surface area (Å²) in [5, 5.41) is 0. The van der Waals surface area contributed by atoms with Crippen molar-refractivity contribution in [2.75, 3.05) is 10.5 Å². The molecule has 3 N–H and O–H groups in total. The molecule has 1 aromatic carbocycles. The number of anilines is 2. The number of halogens is 1. The van der Waals surface area contributed by atoms with Crippen LogP contribution in [0.1, 0.15) is 11.3 Å². The molecule has 2 rings (SSSR count). The Morgan fingerprint density at radius 2 is 2.00 bits per heavy atom. The highest BCUT2D eigenvalue weighted by molar-refractivity contribution is 7.92. The number of pyridine rings is 1. The minimum absolute atomic E-state index is 0.0215. The first-order valence-electron chi connectivity index (χ1n) is 5.81. The normalized spacial score (nSPS) is 11.3. The molecule has 0 aliphatic carbocycles. The lowest BCUT2D eigenvalue weighted by atomic mass is 10.2. The van der Waals surface area contributed by atoms with E-state index >= 15 is 0 Å². The third kappa shape index (κ3) is 2.72. The molecule has 1 heterocycles. The number of nitrogen functional groups attached to an aromatic ring is 1. The number of nitrogens with one attached hydrogen (secondary N) is 1. The van der Waals surface area contributed by atoms with Crippen molar-refractivity contribution in [3.8, 4) is 0 Å². The summed E-state index contributed by atoms with van der Waals surface area (Å²) >= 11 is 0. The van der Waals surface area contributed by atoms with Gasteiger partial charge in [-0.05, 0) is 38.1 Å². The standard InChI is InChI=1S/C13H14FN3O2S/c1-8-11(14)6-10(15)7-13(8)20(18,19)17-12-4-3-5-16-9(12)2/h3-7,17H,15H2,1-2H3. The maximum atomic E-state index is 13.6. The maximum absolute atomic E-state index is 13.6. The van der Waals surface area contributed by atoms with Crippen LogP contribution in [0, 0.1) is 19.7 Å². The van der Waals surface area contributed by atoms with E-state index in [-0.39, 0.29) is 16.1 Å². The van der Waals surface area contributed by atoms with Gasteiger partial charge in [-0.2, -0.15) is 0 Å². The van der Waals surface area contributed by atoms with Gasteiger partial charge in [0.15, 0.2) is 0 Å². The van der Waals surface area contributed by atoms with E-state index in [1.165, 1.54) is 13.0 Å². The molecule has 0 saturated heterocycles. The van der Waals surface area contributed by atoms with Crippen LogP contribution >= 0.6 is 0 Å². The molecule has 0 radical (unpaired) electrons. The zero-order valence-electron chi connectivity index (χ0n) is 11.0. The number of hydrogen-bond acceptors (Lipinski definition) is 4. The Morgan fingerprint density at radius 3 is 2.65 bits per heavy atom. The minimum Gasteiger partial charge on any atom is -0.399 e. The van der Waals surface area contributed by atoms with E-state index in [0.717, 1.165) is 6.07 Å². The van der Waals surface area contributed by atoms with Crippen LogP contribution in [0.3, 0.4) is 0 Å². The molecule has 0 unspecified atom stereocenters. The van der Waals surface area contributed by atoms with E-state index in [1.54, 1.807) is 25.3 Å². The van der Waals surface area contributed by atoms with Crippen molar-refractivity contribution < 1.29 is 12.8 Å². The molecular weight excluding hydrogens is 281 g/mol. The molecule has 0 aliphatic rings. The number of rotatable bonds is 3. The van der Waals surface area contributed by atoms with Gasteiger partial charge in [0.25, 0.3) is 10.0 Å². The molecule has 0 amide bonds. The Hall–Kier alpha value is -2.15. The second-order valence-corrected chi connectivity index (χ2v) is 6.02. The summed E-state index contributed by atoms with van der Waals surface area (Å²) in [7, 11) is -3.92. The summed E-state index contributed by atoms with van der Waals surface area (Å²) < 4.78 is 40.6. The number of aryl methyl sites for hydroxylation is 1. The highest BCUT2D eigenvalue weighted by Crippen LogP contribution is 2.24. The van der Waals surface area contributed by atoms with Crippen molar-refractivity contribution in [1.82, 2.24) is 4.98 Å². The van der Waals surface area contributed by atoms with Crippen LogP contribution in [0.4, 0.5) is 15.8 Å². The number of sulfonamides is 1. The molecular formula is C13H14FN3O2S. The SMILES string of the molecule is Cc1ncccc1NS(=O)(=O)c1cc(N)cc(F)c1C. The van der Waals surface area contributed by atoms with Gasteiger partial charge in [-0.1, -0.05) is 0 Å². The smallest absolute Gasteiger partial charge is 0.262 e. The molecule has 2 aromatic rings. The molecule has 0 spiro atoms. The molecule has 106 valence electrons. The molecule has 0 bridgehead atoms. The lowest BCUT2D eigenvalue weighted by molar-refractivity contribution is 0.591. The van der Waals surface area contributed by atoms with Gasteiger partial charge in [0, 0.05) is 17.4 Å². The average molecular weight is 295 g/mol. The third-order valence-electron chi connectivity index (χ3n) is 2.86. The number of aromatic nitrogens is 1. The van der Waals surface area contributed by atoms with E-state index in [1.807, 2.05) is 0 Å². The van der Waals surface area contributed by atoms with Crippen molar-refractivity contribution in [3.63, 3.8) is 0 Å². The van der Waals surface area contributed by atoms with Crippen LogP contribution < -0.4 is 10.5 Å². The molecule has 0 saturated carbocycles. The molecule has 0 aliphatic heterocycles. The summed E-state index contributed by atoms with van der Waals surface area (Å²) in [4.78, 5) is 3.81. The molecule has 0 atom stereocenters. The van der Waals surface area contributed by atoms with Gasteiger partial charge in [-0.25, -0.2) is 12.8 Å². The highest BCUT2D eigenvalue weighted by atomic mass is 32.2. The van der Waals surface area contributed by atoms with Crippen LogP contribution in [0.25, 0.3) is 0 Å². The topological polar surface area (TPSA) is 85.1 Å². The number of nitrogens with zero attached hydrogens (tertiary/aromatic N) is 1. The van der Waals surface area contributed by atoms with Gasteiger partial charge in [-0.15, -0.1) is 0 Å². The zero-order chi connectivity index (χ0) is 14.9. The monoisotopic (exact) mass is 295 g/mol. The summed E-state index contributed by atoms with van der Waals surface area (Å²) in [6.07, 6.45) is 1.55. The predicted octanol–water partition coefficient (Wildman–Crippen LogP) is 2.22. The van der Waals surface area contributed by atoms with E-state index in [4.69, 9.17) is 5.73 Å². The van der Waals surface area contributed by atoms with Gasteiger partial charge in [0.05, 0.1) is 16.3 Å². The van der Waals surface area contributed by atoms with Crippen molar-refractivity contribution in [2.45, 2.75) is 18.7 Å². The number of nitrogens with two attached hydrogens (primary N) is 1. The van der Waals surface area contributed by atoms with Crippen molar-refractivity contribution in [2.24, 2.45) is 0 Å². The van der Waals surface area contributed by atoms with E-state index in [2.05, 4.69) is 9.71 Å². The van der Waals surface area contributed by atoms with Crippen molar-refractivity contribution in [3.05, 3.63) is 47.5 Å². The zero-order valence-corrected chi connectivity index (χ0v) is 11.8. The number of hydrogen-bond donors (Lipinski definition) is 2. The predicted molar refractivity (Wildman–Crippen MR) is 75.3 cm³/mol. The van der Waals surface area contributed by atoms with Crippen LogP contribution in [-0.2, 0) is 10.0 Å². The Labute approximate surface area is 116 Å². The fourth-order valence-electron chi connectivity index (χ4n) is 1.74. The Kier molecular flexibility index (Phi) is 3.63. The summed E-state index contributed by atoms with van der Waals surface area (Å²) in [5.41, 5.74) is 6.45. The van der Waals surface area contributed by atoms with Gasteiger partial charge in [0.2, 0.25) is 0 Å². The molecule has 0 fully saturated rings. The van der Waals surface area contributed by atoms with Crippen LogP contribution in [0.5, 0.6) is 0 Å². The summed E-state index contributed by atoms with van der Waals surface area (Å²) in [6, 6.07) is 5.51. The maximum Gasteiger partial charge on any atom is 0.262 e. The van der Waals surface area contributed by atoms with Gasteiger partial charge in [0.1, 0.15) is 5.82 Å². The second kappa shape index (κ2) is 5.09. The molecule has 5 nitrogen and oxygen atoms in total. The Morgan fingerprint density at radius 1 is 1.30 bits per heavy atom. The second-order valence-electron chi connectivity index (χ2n) is 4.37. The number of benzene rings is 1. The lowest BCUT2D eigenvalue weighted by Crippen LogP contribution is -2.16. The Bertz CT molecular complexity index is 760. The molecule has 7 heteroatoms.